The van der Waals surface area contributed by atoms with E-state index in [1.165, 1.54) is 0 Å². The van der Waals surface area contributed by atoms with E-state index in [-0.39, 0.29) is 68.5 Å². The Balaban J connectivity index is 1.53. The van der Waals surface area contributed by atoms with Crippen LogP contribution in [0.4, 0.5) is 34.1 Å². The molecule has 0 saturated carbocycles. The lowest BCUT2D eigenvalue weighted by Gasteiger charge is -2.36. The molecule has 4 heteroatoms. The summed E-state index contributed by atoms with van der Waals surface area (Å²) in [4.78, 5) is 4.05. The number of hydrogen-bond acceptors (Lipinski definition) is 2. The van der Waals surface area contributed by atoms with Crippen molar-refractivity contribution in [2.45, 2.75) is 78.6 Å². The number of hydrogen-bond donors (Lipinski definition) is 0. The third kappa shape index (κ3) is 10.2. The standard InChI is InChI=1S/C66H62Cl2N2/c1-64(2,3)49-36-56(69(54-34-22-32-52(67)42-54)62-58(45-24-14-10-15-25-45)38-50(65(4,5)6)39-59(62)46-26-16-11-17-27-46)44-57(37-49)70(55-35-23-33-53(68)43-55)63-60(47-28-18-12-19-29-47)40-51(66(7,8)9)41-61(63)48-30-20-13-21-31-48/h10-44H,1-9H3/i22D,23D,32D,33D,42D,43D. The van der Waals surface area contributed by atoms with Gasteiger partial charge in [0.2, 0.25) is 0 Å². The van der Waals surface area contributed by atoms with Crippen molar-refractivity contribution in [1.29, 1.82) is 0 Å². The van der Waals surface area contributed by atoms with Gasteiger partial charge in [-0.3, -0.25) is 0 Å². The SMILES string of the molecule is [2H]c1cc(N(c2cc(N(c3cc([2H])c([2H])c(Cl)c3[2H])c3c(-c4ccccc4)cc(C(C)(C)C)cc3-c3ccccc3)cc(C(C)(C)C)c2)c2c(-c3ccccc3)cc(C(C)(C)C)cc2-c2ccccc2)c([2H])c(Cl)c1[2H]. The van der Waals surface area contributed by atoms with E-state index in [2.05, 4.69) is 147 Å². The van der Waals surface area contributed by atoms with Crippen LogP contribution in [-0.2, 0) is 16.2 Å². The zero-order valence-corrected chi connectivity index (χ0v) is 42.9. The monoisotopic (exact) mass is 958 g/mol. The molecule has 9 aromatic carbocycles. The Morgan fingerprint density at radius 2 is 0.614 bits per heavy atom. The normalized spacial score (nSPS) is 13.1. The molecule has 0 saturated heterocycles. The molecular formula is C66H62Cl2N2. The number of benzene rings is 9. The van der Waals surface area contributed by atoms with Crippen molar-refractivity contribution in [3.63, 3.8) is 0 Å². The molecule has 0 fully saturated rings. The van der Waals surface area contributed by atoms with E-state index in [4.69, 9.17) is 25.9 Å². The van der Waals surface area contributed by atoms with Gasteiger partial charge in [-0.25, -0.2) is 0 Å². The zero-order chi connectivity index (χ0) is 54.6. The molecule has 0 aliphatic heterocycles. The number of halogens is 2. The molecule has 0 heterocycles. The number of rotatable bonds is 10. The molecular weight excluding hydrogens is 892 g/mol. The molecule has 0 aliphatic rings. The van der Waals surface area contributed by atoms with Crippen LogP contribution in [0.5, 0.6) is 0 Å². The van der Waals surface area contributed by atoms with Crippen LogP contribution in [0, 0.1) is 0 Å². The van der Waals surface area contributed by atoms with Gasteiger partial charge in [-0.15, -0.1) is 0 Å². The summed E-state index contributed by atoms with van der Waals surface area (Å²) in [5.74, 6) is 0. The van der Waals surface area contributed by atoms with E-state index in [0.29, 0.717) is 11.4 Å². The van der Waals surface area contributed by atoms with Crippen molar-refractivity contribution in [2.24, 2.45) is 0 Å². The second-order valence-corrected chi connectivity index (χ2v) is 21.7. The lowest BCUT2D eigenvalue weighted by molar-refractivity contribution is 0.590. The largest absolute Gasteiger partial charge is 0.309 e. The fourth-order valence-electron chi connectivity index (χ4n) is 8.97. The third-order valence-corrected chi connectivity index (χ3v) is 13.1. The van der Waals surface area contributed by atoms with Gasteiger partial charge in [0.05, 0.1) is 19.6 Å². The van der Waals surface area contributed by atoms with E-state index in [1.807, 2.05) is 88.7 Å². The van der Waals surface area contributed by atoms with E-state index in [1.54, 1.807) is 12.1 Å². The van der Waals surface area contributed by atoms with Gasteiger partial charge in [0.25, 0.3) is 0 Å². The first-order chi connectivity index (χ1) is 35.9. The minimum absolute atomic E-state index is 0.124. The average molecular weight is 960 g/mol. The predicted molar refractivity (Wildman–Crippen MR) is 304 cm³/mol. The lowest BCUT2D eigenvalue weighted by atomic mass is 9.81. The molecule has 0 radical (unpaired) electrons. The van der Waals surface area contributed by atoms with Gasteiger partial charge in [0.15, 0.2) is 0 Å². The summed E-state index contributed by atoms with van der Waals surface area (Å²) in [7, 11) is 0. The average Bonchev–Trinajstić information content (AvgIpc) is 3.57. The molecule has 9 rings (SSSR count). The molecule has 0 aromatic heterocycles. The maximum atomic E-state index is 9.88. The topological polar surface area (TPSA) is 6.48 Å². The van der Waals surface area contributed by atoms with E-state index >= 15 is 0 Å². The van der Waals surface area contributed by atoms with Crippen LogP contribution in [0.1, 0.15) is 87.2 Å². The first-order valence-corrected chi connectivity index (χ1v) is 24.6. The molecule has 350 valence electrons. The van der Waals surface area contributed by atoms with Crippen LogP contribution in [0.15, 0.2) is 212 Å². The Bertz CT molecular complexity index is 3270. The quantitative estimate of drug-likeness (QED) is 0.135. The van der Waals surface area contributed by atoms with Crippen molar-refractivity contribution in [2.75, 3.05) is 9.80 Å². The van der Waals surface area contributed by atoms with Gasteiger partial charge in [-0.05, 0) is 134 Å². The van der Waals surface area contributed by atoms with E-state index in [9.17, 15) is 5.48 Å². The Labute approximate surface area is 435 Å². The molecule has 0 amide bonds. The third-order valence-electron chi connectivity index (χ3n) is 12.8. The molecule has 0 bridgehead atoms. The minimum Gasteiger partial charge on any atom is -0.309 e. The molecule has 0 atom stereocenters. The van der Waals surface area contributed by atoms with Crippen LogP contribution >= 0.6 is 23.2 Å². The molecule has 0 N–H and O–H groups in total. The highest BCUT2D eigenvalue weighted by molar-refractivity contribution is 6.31. The Morgan fingerprint density at radius 3 is 0.886 bits per heavy atom. The number of anilines is 6. The van der Waals surface area contributed by atoms with Crippen molar-refractivity contribution in [3.05, 3.63) is 239 Å². The molecule has 9 aromatic rings. The van der Waals surface area contributed by atoms with Crippen molar-refractivity contribution < 1.29 is 8.22 Å². The van der Waals surface area contributed by atoms with E-state index < -0.39 is 5.41 Å². The van der Waals surface area contributed by atoms with Crippen molar-refractivity contribution in [1.82, 2.24) is 0 Å². The smallest absolute Gasteiger partial charge is 0.0661 e. The second kappa shape index (κ2) is 19.5. The highest BCUT2D eigenvalue weighted by Gasteiger charge is 2.31. The lowest BCUT2D eigenvalue weighted by Crippen LogP contribution is -2.20. The number of nitrogens with zero attached hydrogens (tertiary/aromatic N) is 2. The maximum Gasteiger partial charge on any atom is 0.0661 e. The van der Waals surface area contributed by atoms with Gasteiger partial charge < -0.3 is 9.80 Å². The summed E-state index contributed by atoms with van der Waals surface area (Å²) in [5, 5.41) is -0.304. The van der Waals surface area contributed by atoms with Crippen LogP contribution in [0.25, 0.3) is 44.5 Å². The van der Waals surface area contributed by atoms with Crippen LogP contribution in [0.2, 0.25) is 10.0 Å². The van der Waals surface area contributed by atoms with Crippen molar-refractivity contribution in [3.8, 4) is 44.5 Å². The summed E-state index contributed by atoms with van der Waals surface area (Å²) in [6.07, 6.45) is 0. The molecule has 2 nitrogen and oxygen atoms in total. The van der Waals surface area contributed by atoms with Crippen LogP contribution in [-0.4, -0.2) is 0 Å². The Hall–Kier alpha value is -6.84. The van der Waals surface area contributed by atoms with Gasteiger partial charge in [-0.2, -0.15) is 0 Å². The molecule has 0 unspecified atom stereocenters. The van der Waals surface area contributed by atoms with Crippen LogP contribution in [0.3, 0.4) is 0 Å². The fraction of sp³-hybridized carbons (Fsp3) is 0.182. The van der Waals surface area contributed by atoms with Crippen molar-refractivity contribution >= 4 is 57.3 Å². The van der Waals surface area contributed by atoms with Gasteiger partial charge in [0.1, 0.15) is 0 Å². The zero-order valence-electron chi connectivity index (χ0n) is 47.4. The first kappa shape index (κ1) is 41.0. The highest BCUT2D eigenvalue weighted by Crippen LogP contribution is 2.53. The highest BCUT2D eigenvalue weighted by atomic mass is 35.5. The molecule has 0 aliphatic carbocycles. The Kier molecular flexibility index (Phi) is 11.4. The molecule has 0 spiro atoms. The van der Waals surface area contributed by atoms with E-state index in [0.717, 1.165) is 72.6 Å². The first-order valence-electron chi connectivity index (χ1n) is 26.8. The molecule has 70 heavy (non-hydrogen) atoms. The van der Waals surface area contributed by atoms with Gasteiger partial charge in [-0.1, -0.05) is 219 Å². The second-order valence-electron chi connectivity index (χ2n) is 20.9. The Morgan fingerprint density at radius 1 is 0.343 bits per heavy atom. The maximum absolute atomic E-state index is 9.88. The summed E-state index contributed by atoms with van der Waals surface area (Å²) >= 11 is 14.0. The summed E-state index contributed by atoms with van der Waals surface area (Å²) in [5.41, 5.74) is 12.3. The van der Waals surface area contributed by atoms with Gasteiger partial charge >= 0.3 is 0 Å². The van der Waals surface area contributed by atoms with Crippen LogP contribution < -0.4 is 9.80 Å². The van der Waals surface area contributed by atoms with Gasteiger partial charge in [0, 0.05) is 55.0 Å². The summed E-state index contributed by atoms with van der Waals surface area (Å²) in [6, 6.07) is 58.0. The minimum atomic E-state index is -0.524. The summed E-state index contributed by atoms with van der Waals surface area (Å²) in [6.45, 7) is 19.6. The fourth-order valence-corrected chi connectivity index (χ4v) is 9.27. The summed E-state index contributed by atoms with van der Waals surface area (Å²) < 4.78 is 56.0. The predicted octanol–water partition coefficient (Wildman–Crippen LogP) is 20.5.